The third-order valence-electron chi connectivity index (χ3n) is 4.54. The lowest BCUT2D eigenvalue weighted by Gasteiger charge is -2.37. The Morgan fingerprint density at radius 2 is 1.96 bits per heavy atom. The maximum Gasteiger partial charge on any atom is 0.244 e. The summed E-state index contributed by atoms with van der Waals surface area (Å²) in [5.41, 5.74) is 1.41. The molecule has 142 valence electrons. The lowest BCUT2D eigenvalue weighted by molar-refractivity contribution is -0.117. The van der Waals surface area contributed by atoms with E-state index in [9.17, 15) is 4.79 Å². The monoisotopic (exact) mass is 367 g/mol. The molecular weight excluding hydrogens is 342 g/mol. The Morgan fingerprint density at radius 1 is 1.19 bits per heavy atom. The fraction of sp³-hybridized carbons (Fsp3) is 0.318. The van der Waals surface area contributed by atoms with Gasteiger partial charge in [-0.1, -0.05) is 18.2 Å². The molecule has 0 radical (unpaired) electrons. The van der Waals surface area contributed by atoms with Gasteiger partial charge in [-0.3, -0.25) is 4.79 Å². The lowest BCUT2D eigenvalue weighted by atomic mass is 9.89. The van der Waals surface area contributed by atoms with Gasteiger partial charge < -0.3 is 19.5 Å². The molecule has 1 aliphatic heterocycles. The Hall–Kier alpha value is -2.95. The zero-order valence-corrected chi connectivity index (χ0v) is 16.1. The second-order valence-corrected chi connectivity index (χ2v) is 7.11. The number of rotatable bonds is 5. The van der Waals surface area contributed by atoms with Gasteiger partial charge in [0.15, 0.2) is 0 Å². The van der Waals surface area contributed by atoms with E-state index >= 15 is 0 Å². The Balaban J connectivity index is 1.80. The summed E-state index contributed by atoms with van der Waals surface area (Å²) in [7, 11) is 3.24. The summed E-state index contributed by atoms with van der Waals surface area (Å²) in [5.74, 6) is 2.06. The molecule has 3 rings (SSSR count). The van der Waals surface area contributed by atoms with Crippen LogP contribution in [-0.4, -0.2) is 25.7 Å². The molecule has 2 aromatic carbocycles. The first-order chi connectivity index (χ1) is 12.9. The van der Waals surface area contributed by atoms with Gasteiger partial charge in [0.25, 0.3) is 0 Å². The van der Waals surface area contributed by atoms with Crippen LogP contribution < -0.4 is 19.5 Å². The Morgan fingerprint density at radius 3 is 2.70 bits per heavy atom. The van der Waals surface area contributed by atoms with Crippen molar-refractivity contribution in [3.8, 4) is 17.2 Å². The summed E-state index contributed by atoms with van der Waals surface area (Å²) < 4.78 is 16.7. The van der Waals surface area contributed by atoms with E-state index in [-0.39, 0.29) is 17.6 Å². The van der Waals surface area contributed by atoms with Gasteiger partial charge in [-0.25, -0.2) is 0 Å². The average Bonchev–Trinajstić information content (AvgIpc) is 2.65. The summed E-state index contributed by atoms with van der Waals surface area (Å²) in [4.78, 5) is 12.5. The van der Waals surface area contributed by atoms with E-state index in [2.05, 4.69) is 5.32 Å². The Labute approximate surface area is 159 Å². The molecule has 0 fully saturated rings. The maximum absolute atomic E-state index is 12.5. The smallest absolute Gasteiger partial charge is 0.244 e. The number of nitrogens with one attached hydrogen (secondary N) is 1. The third-order valence-corrected chi connectivity index (χ3v) is 4.54. The van der Waals surface area contributed by atoms with Crippen molar-refractivity contribution < 1.29 is 19.0 Å². The van der Waals surface area contributed by atoms with Gasteiger partial charge in [-0.05, 0) is 44.2 Å². The van der Waals surface area contributed by atoms with Crippen LogP contribution in [0.25, 0.3) is 6.08 Å². The number of hydrogen-bond donors (Lipinski definition) is 1. The number of benzene rings is 2. The quantitative estimate of drug-likeness (QED) is 0.807. The number of para-hydroxylation sites is 1. The third kappa shape index (κ3) is 4.42. The van der Waals surface area contributed by atoms with Crippen LogP contribution in [-0.2, 0) is 4.79 Å². The minimum atomic E-state index is -0.369. The number of ether oxygens (including phenoxy) is 3. The van der Waals surface area contributed by atoms with E-state index in [0.717, 1.165) is 28.4 Å². The van der Waals surface area contributed by atoms with Gasteiger partial charge in [-0.15, -0.1) is 0 Å². The summed E-state index contributed by atoms with van der Waals surface area (Å²) in [5, 5.41) is 3.09. The zero-order chi connectivity index (χ0) is 19.4. The number of fused-ring (bicyclic) bond motifs is 1. The summed E-state index contributed by atoms with van der Waals surface area (Å²) >= 11 is 0. The highest BCUT2D eigenvalue weighted by atomic mass is 16.5. The van der Waals surface area contributed by atoms with Crippen LogP contribution in [0.15, 0.2) is 48.5 Å². The van der Waals surface area contributed by atoms with Gasteiger partial charge >= 0.3 is 0 Å². The van der Waals surface area contributed by atoms with Crippen LogP contribution in [0.1, 0.15) is 37.4 Å². The molecule has 1 amide bonds. The molecule has 0 saturated carbocycles. The highest BCUT2D eigenvalue weighted by Gasteiger charge is 2.34. The first-order valence-electron chi connectivity index (χ1n) is 8.90. The second kappa shape index (κ2) is 7.74. The molecule has 1 heterocycles. The van der Waals surface area contributed by atoms with Crippen molar-refractivity contribution in [1.29, 1.82) is 0 Å². The molecule has 2 aromatic rings. The molecule has 0 aromatic heterocycles. The predicted molar refractivity (Wildman–Crippen MR) is 105 cm³/mol. The normalized spacial score (nSPS) is 17.7. The maximum atomic E-state index is 12.5. The fourth-order valence-corrected chi connectivity index (χ4v) is 3.28. The van der Waals surface area contributed by atoms with Crippen molar-refractivity contribution in [2.24, 2.45) is 0 Å². The van der Waals surface area contributed by atoms with Crippen molar-refractivity contribution in [1.82, 2.24) is 5.32 Å². The first-order valence-corrected chi connectivity index (χ1v) is 8.90. The molecule has 0 spiro atoms. The van der Waals surface area contributed by atoms with E-state index in [1.807, 2.05) is 56.3 Å². The van der Waals surface area contributed by atoms with Gasteiger partial charge in [0, 0.05) is 23.6 Å². The number of hydrogen-bond acceptors (Lipinski definition) is 4. The van der Waals surface area contributed by atoms with E-state index in [1.54, 1.807) is 20.3 Å². The molecule has 27 heavy (non-hydrogen) atoms. The molecule has 1 N–H and O–H groups in total. The van der Waals surface area contributed by atoms with Crippen LogP contribution in [0.3, 0.4) is 0 Å². The summed E-state index contributed by atoms with van der Waals surface area (Å²) in [6.45, 7) is 4.04. The van der Waals surface area contributed by atoms with E-state index in [4.69, 9.17) is 14.2 Å². The fourth-order valence-electron chi connectivity index (χ4n) is 3.28. The topological polar surface area (TPSA) is 56.8 Å². The largest absolute Gasteiger partial charge is 0.497 e. The van der Waals surface area contributed by atoms with Crippen molar-refractivity contribution in [2.45, 2.75) is 31.9 Å². The molecule has 0 bridgehead atoms. The van der Waals surface area contributed by atoms with Crippen LogP contribution in [0, 0.1) is 0 Å². The molecular formula is C22H25NO4. The molecule has 5 heteroatoms. The van der Waals surface area contributed by atoms with Gasteiger partial charge in [0.1, 0.15) is 22.8 Å². The van der Waals surface area contributed by atoms with Crippen molar-refractivity contribution in [2.75, 3.05) is 14.2 Å². The van der Waals surface area contributed by atoms with Gasteiger partial charge in [0.05, 0.1) is 20.3 Å². The van der Waals surface area contributed by atoms with E-state index in [1.165, 1.54) is 6.08 Å². The standard InChI is InChI=1S/C22H25NO4/c1-22(2)14-18(17-13-16(25-3)10-11-20(17)27-22)23-21(24)12-9-15-7-5-6-8-19(15)26-4/h5-13,18H,14H2,1-4H3,(H,23,24)/b12-9+/t18-/m1/s1. The van der Waals surface area contributed by atoms with Crippen molar-refractivity contribution in [3.63, 3.8) is 0 Å². The van der Waals surface area contributed by atoms with Crippen LogP contribution in [0.2, 0.25) is 0 Å². The lowest BCUT2D eigenvalue weighted by Crippen LogP contribution is -2.40. The molecule has 1 aliphatic rings. The van der Waals surface area contributed by atoms with Crippen molar-refractivity contribution in [3.05, 3.63) is 59.7 Å². The highest BCUT2D eigenvalue weighted by Crippen LogP contribution is 2.41. The Bertz CT molecular complexity index is 857. The van der Waals surface area contributed by atoms with Crippen molar-refractivity contribution >= 4 is 12.0 Å². The SMILES string of the molecule is COc1ccc2c(c1)[C@H](NC(=O)/C=C/c1ccccc1OC)CC(C)(C)O2. The van der Waals surface area contributed by atoms with E-state index in [0.29, 0.717) is 6.42 Å². The molecule has 0 unspecified atom stereocenters. The summed E-state index contributed by atoms with van der Waals surface area (Å²) in [6, 6.07) is 13.1. The average molecular weight is 367 g/mol. The minimum Gasteiger partial charge on any atom is -0.497 e. The number of carbonyl (C=O) groups excluding carboxylic acids is 1. The zero-order valence-electron chi connectivity index (χ0n) is 16.1. The molecule has 0 saturated heterocycles. The Kier molecular flexibility index (Phi) is 5.40. The summed E-state index contributed by atoms with van der Waals surface area (Å²) in [6.07, 6.45) is 3.95. The molecule has 0 aliphatic carbocycles. The number of methoxy groups -OCH3 is 2. The minimum absolute atomic E-state index is 0.159. The van der Waals surface area contributed by atoms with Crippen LogP contribution in [0.5, 0.6) is 17.2 Å². The second-order valence-electron chi connectivity index (χ2n) is 7.11. The molecule has 1 atom stereocenters. The number of carbonyl (C=O) groups is 1. The van der Waals surface area contributed by atoms with Gasteiger partial charge in [-0.2, -0.15) is 0 Å². The van der Waals surface area contributed by atoms with Gasteiger partial charge in [0.2, 0.25) is 5.91 Å². The number of amides is 1. The van der Waals surface area contributed by atoms with Crippen LogP contribution >= 0.6 is 0 Å². The first kappa shape index (κ1) is 18.8. The molecule has 5 nitrogen and oxygen atoms in total. The van der Waals surface area contributed by atoms with E-state index < -0.39 is 0 Å². The van der Waals surface area contributed by atoms with Crippen LogP contribution in [0.4, 0.5) is 0 Å². The highest BCUT2D eigenvalue weighted by molar-refractivity contribution is 5.92. The predicted octanol–water partition coefficient (Wildman–Crippen LogP) is 4.14.